The molecule has 4 heteroatoms. The highest BCUT2D eigenvalue weighted by Gasteiger charge is 2.15. The van der Waals surface area contributed by atoms with Crippen LogP contribution in [0.2, 0.25) is 0 Å². The first-order valence-electron chi connectivity index (χ1n) is 3.12. The van der Waals surface area contributed by atoms with Gasteiger partial charge in [-0.25, -0.2) is 4.79 Å². The molecule has 0 radical (unpaired) electrons. The van der Waals surface area contributed by atoms with E-state index in [0.717, 1.165) is 0 Å². The zero-order chi connectivity index (χ0) is 7.40. The molecule has 0 unspecified atom stereocenters. The summed E-state index contributed by atoms with van der Waals surface area (Å²) in [6.07, 6.45) is 0. The van der Waals surface area contributed by atoms with Gasteiger partial charge in [-0.2, -0.15) is 0 Å². The van der Waals surface area contributed by atoms with E-state index in [1.165, 1.54) is 0 Å². The topological polar surface area (TPSA) is 47.9 Å². The molecule has 0 aromatic rings. The summed E-state index contributed by atoms with van der Waals surface area (Å²) in [6, 6.07) is 0. The van der Waals surface area contributed by atoms with E-state index in [1.54, 1.807) is 6.92 Å². The Morgan fingerprint density at radius 2 is 2.70 bits per heavy atom. The Bertz CT molecular complexity index is 164. The monoisotopic (exact) mass is 143 g/mol. The van der Waals surface area contributed by atoms with Gasteiger partial charge in [-0.3, -0.25) is 4.99 Å². The van der Waals surface area contributed by atoms with E-state index in [9.17, 15) is 4.79 Å². The first-order chi connectivity index (χ1) is 4.84. The van der Waals surface area contributed by atoms with Crippen LogP contribution in [0.25, 0.3) is 0 Å². The summed E-state index contributed by atoms with van der Waals surface area (Å²) in [7, 11) is 0. The van der Waals surface area contributed by atoms with E-state index < -0.39 is 0 Å². The molecule has 0 saturated heterocycles. The molecule has 1 heterocycles. The fourth-order valence-corrected chi connectivity index (χ4v) is 0.649. The van der Waals surface area contributed by atoms with Crippen LogP contribution in [0.1, 0.15) is 6.92 Å². The zero-order valence-electron chi connectivity index (χ0n) is 5.79. The van der Waals surface area contributed by atoms with Crippen LogP contribution in [0.15, 0.2) is 4.99 Å². The molecular weight excluding hydrogens is 134 g/mol. The van der Waals surface area contributed by atoms with E-state index in [2.05, 4.69) is 9.73 Å². The number of esters is 1. The molecular formula is C6H9NO3. The summed E-state index contributed by atoms with van der Waals surface area (Å²) in [5.74, 6) is -0.361. The van der Waals surface area contributed by atoms with Crippen molar-refractivity contribution in [2.45, 2.75) is 6.92 Å². The minimum atomic E-state index is -0.361. The van der Waals surface area contributed by atoms with Crippen molar-refractivity contribution in [3.63, 3.8) is 0 Å². The van der Waals surface area contributed by atoms with Crippen molar-refractivity contribution in [2.24, 2.45) is 4.99 Å². The van der Waals surface area contributed by atoms with E-state index in [1.807, 2.05) is 0 Å². The molecule has 0 N–H and O–H groups in total. The van der Waals surface area contributed by atoms with Gasteiger partial charge in [-0.05, 0) is 6.92 Å². The fraction of sp³-hybridized carbons (Fsp3) is 0.667. The van der Waals surface area contributed by atoms with Gasteiger partial charge in [0.05, 0.1) is 13.2 Å². The molecule has 0 saturated carbocycles. The number of carbonyl (C=O) groups is 1. The minimum Gasteiger partial charge on any atom is -0.461 e. The molecule has 0 bridgehead atoms. The van der Waals surface area contributed by atoms with Gasteiger partial charge in [-0.1, -0.05) is 0 Å². The largest absolute Gasteiger partial charge is 0.461 e. The number of nitrogens with zero attached hydrogens (tertiary/aromatic N) is 1. The highest BCUT2D eigenvalue weighted by atomic mass is 16.5. The predicted molar refractivity (Wildman–Crippen MR) is 34.9 cm³/mol. The smallest absolute Gasteiger partial charge is 0.354 e. The minimum absolute atomic E-state index is 0.286. The molecule has 0 aromatic carbocycles. The van der Waals surface area contributed by atoms with Crippen molar-refractivity contribution in [1.29, 1.82) is 0 Å². The lowest BCUT2D eigenvalue weighted by atomic mass is 10.4. The van der Waals surface area contributed by atoms with Gasteiger partial charge >= 0.3 is 5.97 Å². The second-order valence-electron chi connectivity index (χ2n) is 1.80. The van der Waals surface area contributed by atoms with Crippen LogP contribution in [-0.4, -0.2) is 31.6 Å². The highest BCUT2D eigenvalue weighted by Crippen LogP contribution is 1.95. The fourth-order valence-electron chi connectivity index (χ4n) is 0.649. The Labute approximate surface area is 58.8 Å². The van der Waals surface area contributed by atoms with Crippen molar-refractivity contribution >= 4 is 11.7 Å². The second-order valence-corrected chi connectivity index (χ2v) is 1.80. The van der Waals surface area contributed by atoms with Gasteiger partial charge in [0.2, 0.25) is 0 Å². The molecule has 56 valence electrons. The van der Waals surface area contributed by atoms with Gasteiger partial charge in [-0.15, -0.1) is 0 Å². The van der Waals surface area contributed by atoms with Gasteiger partial charge < -0.3 is 9.47 Å². The van der Waals surface area contributed by atoms with Crippen LogP contribution in [0.5, 0.6) is 0 Å². The van der Waals surface area contributed by atoms with E-state index in [-0.39, 0.29) is 12.7 Å². The number of ether oxygens (including phenoxy) is 2. The quantitative estimate of drug-likeness (QED) is 0.510. The van der Waals surface area contributed by atoms with Crippen molar-refractivity contribution in [2.75, 3.05) is 19.9 Å². The van der Waals surface area contributed by atoms with Crippen molar-refractivity contribution in [3.05, 3.63) is 0 Å². The third-order valence-corrected chi connectivity index (χ3v) is 1.10. The summed E-state index contributed by atoms with van der Waals surface area (Å²) < 4.78 is 9.50. The molecule has 0 fully saturated rings. The Morgan fingerprint density at radius 1 is 1.90 bits per heavy atom. The molecule has 1 rings (SSSR count). The Morgan fingerprint density at radius 3 is 3.20 bits per heavy atom. The summed E-state index contributed by atoms with van der Waals surface area (Å²) >= 11 is 0. The van der Waals surface area contributed by atoms with Crippen molar-refractivity contribution in [3.8, 4) is 0 Å². The lowest BCUT2D eigenvalue weighted by Crippen LogP contribution is -2.18. The second kappa shape index (κ2) is 3.31. The predicted octanol–water partition coefficient (Wildman–Crippen LogP) is -0.0218. The molecule has 10 heavy (non-hydrogen) atoms. The molecule has 0 aromatic heterocycles. The SMILES string of the molecule is CCOC(=O)C1=NCOC1. The van der Waals surface area contributed by atoms with Crippen LogP contribution in [-0.2, 0) is 14.3 Å². The summed E-state index contributed by atoms with van der Waals surface area (Å²) in [5, 5.41) is 0. The lowest BCUT2D eigenvalue weighted by molar-refractivity contribution is -0.135. The number of hydrogen-bond acceptors (Lipinski definition) is 4. The third kappa shape index (κ3) is 1.54. The first kappa shape index (κ1) is 7.21. The van der Waals surface area contributed by atoms with Crippen molar-refractivity contribution < 1.29 is 14.3 Å². The van der Waals surface area contributed by atoms with Crippen LogP contribution in [0.3, 0.4) is 0 Å². The third-order valence-electron chi connectivity index (χ3n) is 1.10. The number of rotatable bonds is 2. The van der Waals surface area contributed by atoms with Gasteiger partial charge in [0.1, 0.15) is 12.4 Å². The number of carbonyl (C=O) groups excluding carboxylic acids is 1. The maximum atomic E-state index is 10.8. The first-order valence-corrected chi connectivity index (χ1v) is 3.12. The maximum Gasteiger partial charge on any atom is 0.354 e. The Balaban J connectivity index is 2.40. The lowest BCUT2D eigenvalue weighted by Gasteiger charge is -1.97. The molecule has 0 spiro atoms. The van der Waals surface area contributed by atoms with Crippen LogP contribution in [0.4, 0.5) is 0 Å². The standard InChI is InChI=1S/C6H9NO3/c1-2-10-6(8)5-3-9-4-7-5/h2-4H2,1H3. The van der Waals surface area contributed by atoms with Gasteiger partial charge in [0.15, 0.2) is 0 Å². The van der Waals surface area contributed by atoms with Crippen LogP contribution >= 0.6 is 0 Å². The molecule has 1 aliphatic rings. The molecule has 4 nitrogen and oxygen atoms in total. The van der Waals surface area contributed by atoms with E-state index in [4.69, 9.17) is 4.74 Å². The summed E-state index contributed by atoms with van der Waals surface area (Å²) in [6.45, 7) is 2.72. The summed E-state index contributed by atoms with van der Waals surface area (Å²) in [5.41, 5.74) is 0.391. The van der Waals surface area contributed by atoms with Crippen LogP contribution in [0, 0.1) is 0 Å². The molecule has 1 aliphatic heterocycles. The van der Waals surface area contributed by atoms with E-state index >= 15 is 0 Å². The molecule has 0 aliphatic carbocycles. The zero-order valence-corrected chi connectivity index (χ0v) is 5.79. The number of aliphatic imine (C=N–C) groups is 1. The number of hydrogen-bond donors (Lipinski definition) is 0. The van der Waals surface area contributed by atoms with Gasteiger partial charge in [0.25, 0.3) is 0 Å². The highest BCUT2D eigenvalue weighted by molar-refractivity contribution is 6.37. The van der Waals surface area contributed by atoms with Gasteiger partial charge in [0, 0.05) is 0 Å². The summed E-state index contributed by atoms with van der Waals surface area (Å²) in [4.78, 5) is 14.6. The average Bonchev–Trinajstić information content (AvgIpc) is 2.38. The van der Waals surface area contributed by atoms with Crippen LogP contribution < -0.4 is 0 Å². The maximum absolute atomic E-state index is 10.8. The Hall–Kier alpha value is -0.900. The molecule has 0 amide bonds. The average molecular weight is 143 g/mol. The van der Waals surface area contributed by atoms with Crippen molar-refractivity contribution in [1.82, 2.24) is 0 Å². The van der Waals surface area contributed by atoms with E-state index in [0.29, 0.717) is 18.9 Å². The Kier molecular flexibility index (Phi) is 2.39. The molecule has 0 atom stereocenters. The normalized spacial score (nSPS) is 16.7.